The fourth-order valence-corrected chi connectivity index (χ4v) is 3.99. The van der Waals surface area contributed by atoms with Crippen molar-refractivity contribution in [3.63, 3.8) is 0 Å². The third-order valence-corrected chi connectivity index (χ3v) is 5.15. The maximum absolute atomic E-state index is 12.8. The first-order chi connectivity index (χ1) is 10.1. The molecule has 3 rings (SSSR count). The molecule has 0 spiro atoms. The van der Waals surface area contributed by atoms with E-state index >= 15 is 0 Å². The second-order valence-electron chi connectivity index (χ2n) is 6.79. The van der Waals surface area contributed by atoms with Gasteiger partial charge in [-0.2, -0.15) is 0 Å². The van der Waals surface area contributed by atoms with Crippen LogP contribution in [0.3, 0.4) is 0 Å². The summed E-state index contributed by atoms with van der Waals surface area (Å²) in [4.78, 5) is 14.8. The van der Waals surface area contributed by atoms with Crippen LogP contribution >= 0.6 is 0 Å². The zero-order chi connectivity index (χ0) is 15.0. The van der Waals surface area contributed by atoms with Crippen LogP contribution in [0.15, 0.2) is 12.1 Å². The van der Waals surface area contributed by atoms with Gasteiger partial charge in [0.1, 0.15) is 0 Å². The molecule has 1 aromatic rings. The Bertz CT molecular complexity index is 552. The van der Waals surface area contributed by atoms with Crippen molar-refractivity contribution in [1.82, 2.24) is 0 Å². The van der Waals surface area contributed by atoms with Gasteiger partial charge in [-0.15, -0.1) is 0 Å². The van der Waals surface area contributed by atoms with Gasteiger partial charge in [-0.05, 0) is 68.2 Å². The lowest BCUT2D eigenvalue weighted by Crippen LogP contribution is -2.38. The molecule has 0 unspecified atom stereocenters. The van der Waals surface area contributed by atoms with Crippen molar-refractivity contribution in [3.05, 3.63) is 28.8 Å². The molecule has 0 bridgehead atoms. The highest BCUT2D eigenvalue weighted by atomic mass is 16.2. The first-order valence-corrected chi connectivity index (χ1v) is 8.22. The van der Waals surface area contributed by atoms with E-state index in [0.717, 1.165) is 37.9 Å². The number of aryl methyl sites for hydroxylation is 2. The minimum atomic E-state index is 0.220. The number of hydrogen-bond acceptors (Lipinski definition) is 2. The van der Waals surface area contributed by atoms with Gasteiger partial charge >= 0.3 is 0 Å². The first kappa shape index (κ1) is 14.6. The Kier molecular flexibility index (Phi) is 4.03. The van der Waals surface area contributed by atoms with Crippen molar-refractivity contribution in [2.24, 2.45) is 11.7 Å². The molecule has 3 heteroatoms. The molecule has 1 aromatic carbocycles. The van der Waals surface area contributed by atoms with Crippen molar-refractivity contribution in [3.8, 4) is 0 Å². The predicted molar refractivity (Wildman–Crippen MR) is 86.5 cm³/mol. The van der Waals surface area contributed by atoms with E-state index in [-0.39, 0.29) is 11.9 Å². The van der Waals surface area contributed by atoms with Crippen molar-refractivity contribution in [2.45, 2.75) is 58.4 Å². The van der Waals surface area contributed by atoms with Crippen molar-refractivity contribution < 1.29 is 4.79 Å². The number of fused-ring (bicyclic) bond motifs is 1. The van der Waals surface area contributed by atoms with Gasteiger partial charge in [-0.3, -0.25) is 4.79 Å². The number of nitrogens with zero attached hydrogens (tertiary/aromatic N) is 1. The molecular formula is C18H26N2O. The van der Waals surface area contributed by atoms with Crippen molar-refractivity contribution in [1.29, 1.82) is 0 Å². The molecule has 1 amide bonds. The van der Waals surface area contributed by atoms with Gasteiger partial charge in [0.15, 0.2) is 0 Å². The van der Waals surface area contributed by atoms with E-state index in [0.29, 0.717) is 12.3 Å². The largest absolute Gasteiger partial charge is 0.327 e. The molecule has 0 radical (unpaired) electrons. The third-order valence-electron chi connectivity index (χ3n) is 5.15. The lowest BCUT2D eigenvalue weighted by Gasteiger charge is -2.32. The predicted octanol–water partition coefficient (Wildman–Crippen LogP) is 3.10. The second-order valence-corrected chi connectivity index (χ2v) is 6.79. The average Bonchev–Trinajstić information content (AvgIpc) is 2.83. The summed E-state index contributed by atoms with van der Waals surface area (Å²) in [6.45, 7) is 5.13. The molecule has 2 N–H and O–H groups in total. The number of carbonyl (C=O) groups excluding carboxylic acids is 1. The fraction of sp³-hybridized carbons (Fsp3) is 0.611. The molecule has 3 nitrogen and oxygen atoms in total. The SMILES string of the molecule is Cc1cc(C)c2c(c1)N(C(=O)C[C@@H]1CCC[C@H]1N)CCC2. The number of anilines is 1. The molecule has 1 heterocycles. The average molecular weight is 286 g/mol. The monoisotopic (exact) mass is 286 g/mol. The maximum atomic E-state index is 12.8. The Morgan fingerprint density at radius 3 is 2.81 bits per heavy atom. The third kappa shape index (κ3) is 2.84. The smallest absolute Gasteiger partial charge is 0.227 e. The Hall–Kier alpha value is -1.35. The molecule has 21 heavy (non-hydrogen) atoms. The molecule has 2 atom stereocenters. The van der Waals surface area contributed by atoms with E-state index in [1.165, 1.54) is 23.1 Å². The summed E-state index contributed by atoms with van der Waals surface area (Å²) in [6, 6.07) is 4.62. The van der Waals surface area contributed by atoms with Crippen LogP contribution in [-0.4, -0.2) is 18.5 Å². The maximum Gasteiger partial charge on any atom is 0.227 e. The summed E-state index contributed by atoms with van der Waals surface area (Å²) in [5.74, 6) is 0.650. The summed E-state index contributed by atoms with van der Waals surface area (Å²) < 4.78 is 0. The molecule has 1 fully saturated rings. The van der Waals surface area contributed by atoms with Gasteiger partial charge < -0.3 is 10.6 Å². The summed E-state index contributed by atoms with van der Waals surface area (Å²) in [7, 11) is 0. The lowest BCUT2D eigenvalue weighted by atomic mass is 9.93. The minimum absolute atomic E-state index is 0.220. The molecule has 2 aliphatic rings. The molecule has 114 valence electrons. The highest BCUT2D eigenvalue weighted by Gasteiger charge is 2.30. The zero-order valence-electron chi connectivity index (χ0n) is 13.2. The van der Waals surface area contributed by atoms with Gasteiger partial charge in [0.2, 0.25) is 5.91 Å². The van der Waals surface area contributed by atoms with Crippen LogP contribution in [0.2, 0.25) is 0 Å². The van der Waals surface area contributed by atoms with Crippen molar-refractivity contribution >= 4 is 11.6 Å². The normalized spacial score (nSPS) is 25.0. The van der Waals surface area contributed by atoms with Gasteiger partial charge in [0.25, 0.3) is 0 Å². The van der Waals surface area contributed by atoms with E-state index < -0.39 is 0 Å². The van der Waals surface area contributed by atoms with E-state index in [4.69, 9.17) is 5.73 Å². The molecule has 0 saturated heterocycles. The number of hydrogen-bond donors (Lipinski definition) is 1. The van der Waals surface area contributed by atoms with E-state index in [2.05, 4.69) is 26.0 Å². The van der Waals surface area contributed by atoms with Crippen molar-refractivity contribution in [2.75, 3.05) is 11.4 Å². The molecule has 1 aliphatic heterocycles. The van der Waals surface area contributed by atoms with Crippen LogP contribution in [0.25, 0.3) is 0 Å². The summed E-state index contributed by atoms with van der Waals surface area (Å²) >= 11 is 0. The number of benzene rings is 1. The number of nitrogens with two attached hydrogens (primary N) is 1. The Morgan fingerprint density at radius 2 is 2.10 bits per heavy atom. The fourth-order valence-electron chi connectivity index (χ4n) is 3.99. The molecular weight excluding hydrogens is 260 g/mol. The van der Waals surface area contributed by atoms with Gasteiger partial charge in [-0.1, -0.05) is 12.5 Å². The summed E-state index contributed by atoms with van der Waals surface area (Å²) in [5.41, 5.74) is 11.2. The van der Waals surface area contributed by atoms with Crippen LogP contribution in [0, 0.1) is 19.8 Å². The van der Waals surface area contributed by atoms with Gasteiger partial charge in [0, 0.05) is 24.7 Å². The molecule has 1 saturated carbocycles. The lowest BCUT2D eigenvalue weighted by molar-refractivity contribution is -0.119. The van der Waals surface area contributed by atoms with Gasteiger partial charge in [0.05, 0.1) is 0 Å². The molecule has 0 aromatic heterocycles. The standard InChI is InChI=1S/C18H26N2O/c1-12-9-13(2)15-6-4-8-20(17(15)10-12)18(21)11-14-5-3-7-16(14)19/h9-10,14,16H,3-8,11,19H2,1-2H3/t14-,16+/m0/s1. The minimum Gasteiger partial charge on any atom is -0.327 e. The number of carbonyl (C=O) groups is 1. The van der Waals surface area contributed by atoms with E-state index in [1.54, 1.807) is 0 Å². The Balaban J connectivity index is 1.82. The zero-order valence-corrected chi connectivity index (χ0v) is 13.2. The van der Waals surface area contributed by atoms with Crippen LogP contribution in [0.1, 0.15) is 48.8 Å². The Labute approximate surface area is 127 Å². The highest BCUT2D eigenvalue weighted by molar-refractivity contribution is 5.95. The van der Waals surface area contributed by atoms with E-state index in [1.807, 2.05) is 4.90 Å². The topological polar surface area (TPSA) is 46.3 Å². The van der Waals surface area contributed by atoms with Crippen LogP contribution in [0.5, 0.6) is 0 Å². The van der Waals surface area contributed by atoms with Crippen LogP contribution in [-0.2, 0) is 11.2 Å². The first-order valence-electron chi connectivity index (χ1n) is 8.22. The Morgan fingerprint density at radius 1 is 1.29 bits per heavy atom. The summed E-state index contributed by atoms with van der Waals surface area (Å²) in [6.07, 6.45) is 6.14. The number of amides is 1. The van der Waals surface area contributed by atoms with Gasteiger partial charge in [-0.25, -0.2) is 0 Å². The van der Waals surface area contributed by atoms with Crippen LogP contribution in [0.4, 0.5) is 5.69 Å². The second kappa shape index (κ2) is 5.80. The number of rotatable bonds is 2. The quantitative estimate of drug-likeness (QED) is 0.908. The van der Waals surface area contributed by atoms with Crippen LogP contribution < -0.4 is 10.6 Å². The van der Waals surface area contributed by atoms with E-state index in [9.17, 15) is 4.79 Å². The molecule has 1 aliphatic carbocycles. The highest BCUT2D eigenvalue weighted by Crippen LogP contribution is 2.33. The summed E-state index contributed by atoms with van der Waals surface area (Å²) in [5, 5.41) is 0.